The van der Waals surface area contributed by atoms with Crippen LogP contribution in [0.2, 0.25) is 0 Å². The van der Waals surface area contributed by atoms with Gasteiger partial charge in [-0.05, 0) is 43.6 Å². The third kappa shape index (κ3) is 3.84. The second-order valence-electron chi connectivity index (χ2n) is 6.45. The summed E-state index contributed by atoms with van der Waals surface area (Å²) in [4.78, 5) is 23.3. The van der Waals surface area contributed by atoms with Gasteiger partial charge in [-0.3, -0.25) is 9.48 Å². The van der Waals surface area contributed by atoms with Gasteiger partial charge >= 0.3 is 5.97 Å². The van der Waals surface area contributed by atoms with E-state index in [1.807, 2.05) is 32.4 Å². The van der Waals surface area contributed by atoms with Gasteiger partial charge in [-0.25, -0.2) is 14.2 Å². The lowest BCUT2D eigenvalue weighted by atomic mass is 10.3. The van der Waals surface area contributed by atoms with Crippen molar-refractivity contribution in [2.75, 3.05) is 5.32 Å². The van der Waals surface area contributed by atoms with Crippen LogP contribution in [0.4, 0.5) is 5.69 Å². The van der Waals surface area contributed by atoms with Gasteiger partial charge in [-0.15, -0.1) is 0 Å². The minimum absolute atomic E-state index is 0.0315. The lowest BCUT2D eigenvalue weighted by Crippen LogP contribution is -2.20. The molecule has 0 aliphatic heterocycles. The number of carbonyl (C=O) groups excluding carboxylic acids is 1. The predicted molar refractivity (Wildman–Crippen MR) is 104 cm³/mol. The number of carbonyl (C=O) groups is 2. The van der Waals surface area contributed by atoms with Crippen LogP contribution in [0, 0.1) is 27.7 Å². The van der Waals surface area contributed by atoms with E-state index in [1.165, 1.54) is 17.1 Å². The van der Waals surface area contributed by atoms with Gasteiger partial charge in [0.25, 0.3) is 0 Å². The minimum Gasteiger partial charge on any atom is -0.478 e. The van der Waals surface area contributed by atoms with Crippen molar-refractivity contribution in [2.45, 2.75) is 40.9 Å². The van der Waals surface area contributed by atoms with Gasteiger partial charge < -0.3 is 10.4 Å². The summed E-state index contributed by atoms with van der Waals surface area (Å²) in [6, 6.07) is 0. The molecule has 0 fully saturated rings. The van der Waals surface area contributed by atoms with Crippen LogP contribution in [0.5, 0.6) is 0 Å². The molecule has 28 heavy (non-hydrogen) atoms. The second-order valence-corrected chi connectivity index (χ2v) is 7.24. The van der Waals surface area contributed by atoms with E-state index in [-0.39, 0.29) is 18.0 Å². The molecule has 0 aliphatic rings. The SMILES string of the molecule is Cc1nn(Cn2nc(C)c(NC(=O)Cn3cc(C(=O)O)cn3)c2C)c(C)c1Br. The van der Waals surface area contributed by atoms with Gasteiger partial charge in [-0.2, -0.15) is 15.3 Å². The van der Waals surface area contributed by atoms with E-state index < -0.39 is 5.97 Å². The van der Waals surface area contributed by atoms with E-state index >= 15 is 0 Å². The molecule has 0 saturated carbocycles. The van der Waals surface area contributed by atoms with Crippen LogP contribution in [0.15, 0.2) is 16.9 Å². The zero-order chi connectivity index (χ0) is 20.6. The number of aryl methyl sites for hydroxylation is 2. The molecule has 0 saturated heterocycles. The fraction of sp³-hybridized carbons (Fsp3) is 0.353. The minimum atomic E-state index is -1.09. The number of hydrogen-bond donors (Lipinski definition) is 2. The van der Waals surface area contributed by atoms with E-state index in [2.05, 4.69) is 36.5 Å². The quantitative estimate of drug-likeness (QED) is 0.594. The molecule has 2 N–H and O–H groups in total. The first-order valence-electron chi connectivity index (χ1n) is 8.46. The van der Waals surface area contributed by atoms with Crippen molar-refractivity contribution in [2.24, 2.45) is 0 Å². The summed E-state index contributed by atoms with van der Waals surface area (Å²) in [6.07, 6.45) is 2.52. The largest absolute Gasteiger partial charge is 0.478 e. The molecule has 3 aromatic rings. The maximum atomic E-state index is 12.4. The van der Waals surface area contributed by atoms with Crippen LogP contribution in [0.3, 0.4) is 0 Å². The number of aromatic nitrogens is 6. The average molecular weight is 450 g/mol. The Labute approximate surface area is 169 Å². The topological polar surface area (TPSA) is 120 Å². The number of nitrogens with zero attached hydrogens (tertiary/aromatic N) is 6. The highest BCUT2D eigenvalue weighted by atomic mass is 79.9. The number of halogens is 1. The Kier molecular flexibility index (Phi) is 5.36. The number of anilines is 1. The van der Waals surface area contributed by atoms with Crippen molar-refractivity contribution in [3.63, 3.8) is 0 Å². The number of aromatic carboxylic acids is 1. The highest BCUT2D eigenvalue weighted by Crippen LogP contribution is 2.22. The summed E-state index contributed by atoms with van der Waals surface area (Å²) in [5, 5.41) is 24.6. The first-order chi connectivity index (χ1) is 13.2. The molecule has 0 bridgehead atoms. The van der Waals surface area contributed by atoms with Crippen molar-refractivity contribution in [3.8, 4) is 0 Å². The molecule has 0 radical (unpaired) electrons. The zero-order valence-corrected chi connectivity index (χ0v) is 17.5. The van der Waals surface area contributed by atoms with E-state index in [4.69, 9.17) is 5.11 Å². The fourth-order valence-electron chi connectivity index (χ4n) is 2.84. The summed E-state index contributed by atoms with van der Waals surface area (Å²) in [6.45, 7) is 7.89. The number of hydrogen-bond acceptors (Lipinski definition) is 5. The molecule has 0 spiro atoms. The Hall–Kier alpha value is -2.95. The third-order valence-electron chi connectivity index (χ3n) is 4.39. The Morgan fingerprint density at radius 1 is 1.11 bits per heavy atom. The maximum absolute atomic E-state index is 12.4. The number of carboxylic acids is 1. The average Bonchev–Trinajstić information content (AvgIpc) is 3.26. The molecule has 148 valence electrons. The highest BCUT2D eigenvalue weighted by molar-refractivity contribution is 9.10. The molecule has 0 aromatic carbocycles. The predicted octanol–water partition coefficient (Wildman–Crippen LogP) is 2.11. The first kappa shape index (κ1) is 19.8. The fourth-order valence-corrected chi connectivity index (χ4v) is 3.13. The molecule has 3 heterocycles. The van der Waals surface area contributed by atoms with Crippen LogP contribution < -0.4 is 5.32 Å². The van der Waals surface area contributed by atoms with Crippen LogP contribution in [-0.4, -0.2) is 46.3 Å². The molecule has 0 aliphatic carbocycles. The lowest BCUT2D eigenvalue weighted by molar-refractivity contribution is -0.116. The summed E-state index contributed by atoms with van der Waals surface area (Å²) in [5.74, 6) is -1.41. The van der Waals surface area contributed by atoms with Crippen LogP contribution in [0.25, 0.3) is 0 Å². The molecule has 3 rings (SSSR count). The Morgan fingerprint density at radius 3 is 2.32 bits per heavy atom. The molecule has 10 nitrogen and oxygen atoms in total. The van der Waals surface area contributed by atoms with Crippen LogP contribution >= 0.6 is 15.9 Å². The third-order valence-corrected chi connectivity index (χ3v) is 5.54. The molecule has 3 aromatic heterocycles. The first-order valence-corrected chi connectivity index (χ1v) is 9.25. The molecule has 0 unspecified atom stereocenters. The standard InChI is InChI=1S/C17H20BrN7O3/c1-9-15(18)11(3)24(21-9)8-25-12(4)16(10(2)22-25)20-14(26)7-23-6-13(5-19-23)17(27)28/h5-6H,7-8H2,1-4H3,(H,20,26)(H,27,28). The Morgan fingerprint density at radius 2 is 1.75 bits per heavy atom. The van der Waals surface area contributed by atoms with E-state index in [9.17, 15) is 9.59 Å². The molecule has 1 amide bonds. The van der Waals surface area contributed by atoms with Crippen molar-refractivity contribution in [1.29, 1.82) is 0 Å². The number of nitrogens with one attached hydrogen (secondary N) is 1. The van der Waals surface area contributed by atoms with Crippen molar-refractivity contribution in [3.05, 3.63) is 45.2 Å². The normalized spacial score (nSPS) is 11.0. The summed E-state index contributed by atoms with van der Waals surface area (Å²) < 4.78 is 5.85. The number of amides is 1. The summed E-state index contributed by atoms with van der Waals surface area (Å²) >= 11 is 3.51. The summed E-state index contributed by atoms with van der Waals surface area (Å²) in [7, 11) is 0. The molecular formula is C17H20BrN7O3. The van der Waals surface area contributed by atoms with Crippen molar-refractivity contribution < 1.29 is 14.7 Å². The number of carboxylic acid groups (broad SMARTS) is 1. The van der Waals surface area contributed by atoms with Gasteiger partial charge in [0.05, 0.1) is 44.7 Å². The van der Waals surface area contributed by atoms with Gasteiger partial charge in [-0.1, -0.05) is 0 Å². The molecular weight excluding hydrogens is 430 g/mol. The number of rotatable bonds is 6. The van der Waals surface area contributed by atoms with Gasteiger partial charge in [0, 0.05) is 6.20 Å². The van der Waals surface area contributed by atoms with Crippen molar-refractivity contribution >= 4 is 33.5 Å². The van der Waals surface area contributed by atoms with Crippen LogP contribution in [-0.2, 0) is 18.0 Å². The van der Waals surface area contributed by atoms with Crippen LogP contribution in [0.1, 0.15) is 33.1 Å². The summed E-state index contributed by atoms with van der Waals surface area (Å²) in [5.41, 5.74) is 4.01. The van der Waals surface area contributed by atoms with Gasteiger partial charge in [0.1, 0.15) is 13.2 Å². The smallest absolute Gasteiger partial charge is 0.338 e. The second kappa shape index (κ2) is 7.58. The molecule has 11 heteroatoms. The zero-order valence-electron chi connectivity index (χ0n) is 15.9. The Bertz CT molecular complexity index is 1060. The monoisotopic (exact) mass is 449 g/mol. The van der Waals surface area contributed by atoms with Gasteiger partial charge in [0.2, 0.25) is 5.91 Å². The van der Waals surface area contributed by atoms with Crippen molar-refractivity contribution in [1.82, 2.24) is 29.3 Å². The maximum Gasteiger partial charge on any atom is 0.338 e. The lowest BCUT2D eigenvalue weighted by Gasteiger charge is -2.09. The van der Waals surface area contributed by atoms with Gasteiger partial charge in [0.15, 0.2) is 0 Å². The van der Waals surface area contributed by atoms with E-state index in [0.29, 0.717) is 18.1 Å². The van der Waals surface area contributed by atoms with E-state index in [1.54, 1.807) is 4.68 Å². The Balaban J connectivity index is 1.74. The highest BCUT2D eigenvalue weighted by Gasteiger charge is 2.17. The van der Waals surface area contributed by atoms with E-state index in [0.717, 1.165) is 21.6 Å². The molecule has 0 atom stereocenters.